The van der Waals surface area contributed by atoms with Crippen LogP contribution in [0.2, 0.25) is 0 Å². The highest BCUT2D eigenvalue weighted by atomic mass is 16.4. The Morgan fingerprint density at radius 3 is 2.93 bits per heavy atom. The molecule has 1 N–H and O–H groups in total. The first-order chi connectivity index (χ1) is 6.77. The first-order valence-corrected chi connectivity index (χ1v) is 5.23. The molecule has 0 radical (unpaired) electrons. The minimum atomic E-state index is -0.762. The Balaban J connectivity index is 2.13. The maximum absolute atomic E-state index is 11.0. The van der Waals surface area contributed by atoms with E-state index in [-0.39, 0.29) is 0 Å². The highest BCUT2D eigenvalue weighted by molar-refractivity contribution is 5.89. The number of hydrogen-bond acceptors (Lipinski definition) is 1. The number of hydrogen-bond donors (Lipinski definition) is 1. The van der Waals surface area contributed by atoms with Crippen molar-refractivity contribution in [3.05, 3.63) is 23.0 Å². The topological polar surface area (TPSA) is 42.2 Å². The molecule has 1 fully saturated rings. The van der Waals surface area contributed by atoms with Crippen LogP contribution < -0.4 is 0 Å². The molecule has 1 saturated carbocycles. The highest BCUT2D eigenvalue weighted by Crippen LogP contribution is 2.43. The Morgan fingerprint density at radius 1 is 1.50 bits per heavy atom. The van der Waals surface area contributed by atoms with E-state index in [0.29, 0.717) is 11.5 Å². The minimum absolute atomic E-state index is 0.546. The fourth-order valence-electron chi connectivity index (χ4n) is 2.45. The molecule has 3 heteroatoms. The molecule has 0 aromatic carbocycles. The van der Waals surface area contributed by atoms with Gasteiger partial charge in [-0.3, -0.25) is 0 Å². The number of carboxylic acids is 1. The predicted octanol–water partition coefficient (Wildman–Crippen LogP) is 2.01. The lowest BCUT2D eigenvalue weighted by atomic mass is 10.1. The molecule has 2 aliphatic rings. The van der Waals surface area contributed by atoms with Gasteiger partial charge in [-0.25, -0.2) is 4.79 Å². The number of carboxylic acid groups (broad SMARTS) is 1. The SMILES string of the molecule is O=C(O)c1cc(C2CC2)n2c1CCC2. The van der Waals surface area contributed by atoms with Crippen molar-refractivity contribution in [2.75, 3.05) is 0 Å². The molecule has 0 atom stereocenters. The standard InChI is InChI=1S/C11H13NO2/c13-11(14)8-6-10(7-3-4-7)12-5-1-2-9(8)12/h6-7H,1-5H2,(H,13,14). The predicted molar refractivity (Wildman–Crippen MR) is 51.7 cm³/mol. The van der Waals surface area contributed by atoms with E-state index in [1.54, 1.807) is 0 Å². The molecule has 0 unspecified atom stereocenters. The number of aromatic carboxylic acids is 1. The van der Waals surface area contributed by atoms with Crippen LogP contribution in [-0.2, 0) is 13.0 Å². The number of rotatable bonds is 2. The maximum Gasteiger partial charge on any atom is 0.337 e. The van der Waals surface area contributed by atoms with Gasteiger partial charge >= 0.3 is 5.97 Å². The van der Waals surface area contributed by atoms with Crippen LogP contribution in [0.4, 0.5) is 0 Å². The van der Waals surface area contributed by atoms with Gasteiger partial charge in [0.05, 0.1) is 5.56 Å². The summed E-state index contributed by atoms with van der Waals surface area (Å²) in [4.78, 5) is 11.0. The average Bonchev–Trinajstić information content (AvgIpc) is 2.76. The molecule has 0 amide bonds. The van der Waals surface area contributed by atoms with Crippen molar-refractivity contribution in [1.82, 2.24) is 4.57 Å². The Hall–Kier alpha value is -1.25. The maximum atomic E-state index is 11.0. The van der Waals surface area contributed by atoms with E-state index in [1.807, 2.05) is 6.07 Å². The fraction of sp³-hybridized carbons (Fsp3) is 0.545. The first kappa shape index (κ1) is 8.09. The van der Waals surface area contributed by atoms with Gasteiger partial charge in [-0.05, 0) is 37.7 Å². The summed E-state index contributed by atoms with van der Waals surface area (Å²) < 4.78 is 2.24. The lowest BCUT2D eigenvalue weighted by molar-refractivity contribution is 0.0696. The molecule has 74 valence electrons. The van der Waals surface area contributed by atoms with Gasteiger partial charge in [-0.15, -0.1) is 0 Å². The van der Waals surface area contributed by atoms with Gasteiger partial charge in [0.2, 0.25) is 0 Å². The third-order valence-electron chi connectivity index (χ3n) is 3.26. The van der Waals surface area contributed by atoms with Crippen LogP contribution in [0.3, 0.4) is 0 Å². The van der Waals surface area contributed by atoms with E-state index in [0.717, 1.165) is 25.1 Å². The second-order valence-electron chi connectivity index (χ2n) is 4.26. The summed E-state index contributed by atoms with van der Waals surface area (Å²) in [5.74, 6) is -0.109. The van der Waals surface area contributed by atoms with Gasteiger partial charge in [0, 0.05) is 17.9 Å². The van der Waals surface area contributed by atoms with Crippen LogP contribution >= 0.6 is 0 Å². The van der Waals surface area contributed by atoms with Gasteiger partial charge in [0.1, 0.15) is 0 Å². The molecule has 3 nitrogen and oxygen atoms in total. The second kappa shape index (κ2) is 2.62. The monoisotopic (exact) mass is 191 g/mol. The molecule has 2 heterocycles. The molecule has 14 heavy (non-hydrogen) atoms. The van der Waals surface area contributed by atoms with E-state index < -0.39 is 5.97 Å². The van der Waals surface area contributed by atoms with Crippen LogP contribution in [0.25, 0.3) is 0 Å². The van der Waals surface area contributed by atoms with Crippen LogP contribution in [-0.4, -0.2) is 15.6 Å². The van der Waals surface area contributed by atoms with Crippen molar-refractivity contribution in [3.63, 3.8) is 0 Å². The van der Waals surface area contributed by atoms with E-state index in [4.69, 9.17) is 5.11 Å². The van der Waals surface area contributed by atoms with Crippen LogP contribution in [0.15, 0.2) is 6.07 Å². The third-order valence-corrected chi connectivity index (χ3v) is 3.26. The zero-order chi connectivity index (χ0) is 9.71. The normalized spacial score (nSPS) is 19.7. The first-order valence-electron chi connectivity index (χ1n) is 5.23. The number of aromatic nitrogens is 1. The number of nitrogens with zero attached hydrogens (tertiary/aromatic N) is 1. The Kier molecular flexibility index (Phi) is 1.52. The largest absolute Gasteiger partial charge is 0.478 e. The lowest BCUT2D eigenvalue weighted by Gasteiger charge is -2.02. The molecular formula is C11H13NO2. The Labute approximate surface area is 82.3 Å². The fourth-order valence-corrected chi connectivity index (χ4v) is 2.45. The summed E-state index contributed by atoms with van der Waals surface area (Å²) in [6, 6.07) is 1.90. The molecule has 0 spiro atoms. The van der Waals surface area contributed by atoms with E-state index >= 15 is 0 Å². The summed E-state index contributed by atoms with van der Waals surface area (Å²) in [7, 11) is 0. The van der Waals surface area contributed by atoms with Crippen molar-refractivity contribution in [2.45, 2.75) is 38.1 Å². The molecule has 1 aromatic rings. The van der Waals surface area contributed by atoms with E-state index in [9.17, 15) is 4.79 Å². The van der Waals surface area contributed by atoms with Crippen LogP contribution in [0.5, 0.6) is 0 Å². The molecule has 1 aliphatic heterocycles. The quantitative estimate of drug-likeness (QED) is 0.777. The summed E-state index contributed by atoms with van der Waals surface area (Å²) in [6.07, 6.45) is 4.52. The zero-order valence-electron chi connectivity index (χ0n) is 7.99. The van der Waals surface area contributed by atoms with Crippen LogP contribution in [0, 0.1) is 0 Å². The minimum Gasteiger partial charge on any atom is -0.478 e. The summed E-state index contributed by atoms with van der Waals surface area (Å²) >= 11 is 0. The molecule has 1 aromatic heterocycles. The Bertz CT molecular complexity index is 402. The zero-order valence-corrected chi connectivity index (χ0v) is 7.99. The van der Waals surface area contributed by atoms with Crippen molar-refractivity contribution < 1.29 is 9.90 Å². The number of carbonyl (C=O) groups is 1. The van der Waals surface area contributed by atoms with Gasteiger partial charge in [0.25, 0.3) is 0 Å². The summed E-state index contributed by atoms with van der Waals surface area (Å²) in [5.41, 5.74) is 2.87. The van der Waals surface area contributed by atoms with Crippen molar-refractivity contribution in [3.8, 4) is 0 Å². The highest BCUT2D eigenvalue weighted by Gasteiger charge is 2.32. The van der Waals surface area contributed by atoms with Crippen LogP contribution in [0.1, 0.15) is 46.9 Å². The van der Waals surface area contributed by atoms with Crippen molar-refractivity contribution in [2.24, 2.45) is 0 Å². The Morgan fingerprint density at radius 2 is 2.29 bits per heavy atom. The van der Waals surface area contributed by atoms with Gasteiger partial charge in [-0.1, -0.05) is 0 Å². The molecule has 0 bridgehead atoms. The second-order valence-corrected chi connectivity index (χ2v) is 4.26. The third kappa shape index (κ3) is 1.01. The van der Waals surface area contributed by atoms with Crippen molar-refractivity contribution in [1.29, 1.82) is 0 Å². The molecule has 1 aliphatic carbocycles. The van der Waals surface area contributed by atoms with Gasteiger partial charge < -0.3 is 9.67 Å². The molecule has 3 rings (SSSR count). The van der Waals surface area contributed by atoms with Gasteiger partial charge in [-0.2, -0.15) is 0 Å². The number of fused-ring (bicyclic) bond motifs is 1. The average molecular weight is 191 g/mol. The summed E-state index contributed by atoms with van der Waals surface area (Å²) in [5, 5.41) is 9.05. The van der Waals surface area contributed by atoms with Gasteiger partial charge in [0.15, 0.2) is 0 Å². The molecule has 0 saturated heterocycles. The summed E-state index contributed by atoms with van der Waals surface area (Å²) in [6.45, 7) is 1.02. The molecular weight excluding hydrogens is 178 g/mol. The smallest absolute Gasteiger partial charge is 0.337 e. The van der Waals surface area contributed by atoms with E-state index in [2.05, 4.69) is 4.57 Å². The van der Waals surface area contributed by atoms with E-state index in [1.165, 1.54) is 18.5 Å². The lowest BCUT2D eigenvalue weighted by Crippen LogP contribution is -2.00. The van der Waals surface area contributed by atoms with Crippen molar-refractivity contribution >= 4 is 5.97 Å².